The molecular weight excluding hydrogens is 335 g/mol. The van der Waals surface area contributed by atoms with E-state index in [-0.39, 0.29) is 0 Å². The van der Waals surface area contributed by atoms with Gasteiger partial charge in [-0.3, -0.25) is 0 Å². The number of aryl methyl sites for hydroxylation is 1. The zero-order valence-corrected chi connectivity index (χ0v) is 14.4. The molecule has 0 aliphatic heterocycles. The second-order valence-electron chi connectivity index (χ2n) is 5.44. The Labute approximate surface area is 146 Å². The first kappa shape index (κ1) is 15.7. The molecule has 1 aliphatic carbocycles. The number of benzene rings is 2. The minimum atomic E-state index is 0.558. The Bertz CT molecular complexity index is 768. The van der Waals surface area contributed by atoms with Crippen molar-refractivity contribution in [3.63, 3.8) is 0 Å². The van der Waals surface area contributed by atoms with E-state index in [0.29, 0.717) is 10.0 Å². The third-order valence-electron chi connectivity index (χ3n) is 3.87. The van der Waals surface area contributed by atoms with Gasteiger partial charge in [-0.1, -0.05) is 76.8 Å². The molecule has 0 heterocycles. The number of halogens is 3. The summed E-state index contributed by atoms with van der Waals surface area (Å²) in [6, 6.07) is 14.1. The smallest absolute Gasteiger partial charge is 0.0598 e. The summed E-state index contributed by atoms with van der Waals surface area (Å²) in [7, 11) is 0. The molecule has 3 rings (SSSR count). The van der Waals surface area contributed by atoms with E-state index in [4.69, 9.17) is 34.8 Å². The van der Waals surface area contributed by atoms with Crippen molar-refractivity contribution >= 4 is 45.9 Å². The van der Waals surface area contributed by atoms with Crippen LogP contribution in [0.3, 0.4) is 0 Å². The van der Waals surface area contributed by atoms with E-state index in [1.54, 1.807) is 0 Å². The molecule has 0 radical (unpaired) electrons. The fraction of sp³-hybridized carbons (Fsp3) is 0.158. The SMILES string of the molecule is Cc1ccc(C2=CCCC(c3ccc(Cl)c(Cl)c3)=C2Cl)cc1. The Morgan fingerprint density at radius 3 is 2.18 bits per heavy atom. The van der Waals surface area contributed by atoms with Gasteiger partial charge in [0.05, 0.1) is 15.1 Å². The summed E-state index contributed by atoms with van der Waals surface area (Å²) in [5.41, 5.74) is 5.64. The lowest BCUT2D eigenvalue weighted by Gasteiger charge is -2.19. The van der Waals surface area contributed by atoms with Crippen molar-refractivity contribution in [3.8, 4) is 0 Å². The summed E-state index contributed by atoms with van der Waals surface area (Å²) in [6.07, 6.45) is 4.08. The zero-order valence-electron chi connectivity index (χ0n) is 12.2. The molecule has 0 fully saturated rings. The van der Waals surface area contributed by atoms with Crippen molar-refractivity contribution in [1.29, 1.82) is 0 Å². The van der Waals surface area contributed by atoms with Crippen LogP contribution in [0.5, 0.6) is 0 Å². The van der Waals surface area contributed by atoms with Gasteiger partial charge >= 0.3 is 0 Å². The van der Waals surface area contributed by atoms with Gasteiger partial charge in [0, 0.05) is 0 Å². The number of hydrogen-bond donors (Lipinski definition) is 0. The van der Waals surface area contributed by atoms with E-state index in [1.165, 1.54) is 5.56 Å². The molecule has 0 atom stereocenters. The molecule has 0 spiro atoms. The van der Waals surface area contributed by atoms with Crippen LogP contribution < -0.4 is 0 Å². The number of allylic oxidation sites excluding steroid dienone is 4. The molecule has 0 nitrogen and oxygen atoms in total. The molecule has 1 aliphatic rings. The first-order valence-corrected chi connectivity index (χ1v) is 8.31. The van der Waals surface area contributed by atoms with Crippen LogP contribution in [0.2, 0.25) is 10.0 Å². The van der Waals surface area contributed by atoms with Crippen LogP contribution in [-0.2, 0) is 0 Å². The maximum atomic E-state index is 6.68. The fourth-order valence-electron chi connectivity index (χ4n) is 2.66. The summed E-state index contributed by atoms with van der Waals surface area (Å²) in [6.45, 7) is 2.08. The van der Waals surface area contributed by atoms with Gasteiger partial charge < -0.3 is 0 Å². The van der Waals surface area contributed by atoms with E-state index in [1.807, 2.05) is 18.2 Å². The van der Waals surface area contributed by atoms with Crippen molar-refractivity contribution in [2.24, 2.45) is 0 Å². The predicted molar refractivity (Wildman–Crippen MR) is 97.6 cm³/mol. The van der Waals surface area contributed by atoms with Crippen LogP contribution in [0.15, 0.2) is 53.6 Å². The molecule has 0 bridgehead atoms. The predicted octanol–water partition coefficient (Wildman–Crippen LogP) is 7.13. The first-order valence-electron chi connectivity index (χ1n) is 7.18. The Morgan fingerprint density at radius 1 is 0.818 bits per heavy atom. The maximum absolute atomic E-state index is 6.68. The quantitative estimate of drug-likeness (QED) is 0.541. The van der Waals surface area contributed by atoms with Gasteiger partial charge in [0.1, 0.15) is 0 Å². The third-order valence-corrected chi connectivity index (χ3v) is 5.05. The normalized spacial score (nSPS) is 15.0. The highest BCUT2D eigenvalue weighted by atomic mass is 35.5. The molecule has 3 heteroatoms. The van der Waals surface area contributed by atoms with Gasteiger partial charge in [-0.15, -0.1) is 0 Å². The molecule has 2 aromatic rings. The Balaban J connectivity index is 2.04. The molecule has 0 aromatic heterocycles. The zero-order chi connectivity index (χ0) is 15.7. The summed E-state index contributed by atoms with van der Waals surface area (Å²) < 4.78 is 0. The average Bonchev–Trinajstić information content (AvgIpc) is 2.51. The van der Waals surface area contributed by atoms with Crippen LogP contribution in [0.1, 0.15) is 29.5 Å². The third kappa shape index (κ3) is 3.10. The Morgan fingerprint density at radius 2 is 1.50 bits per heavy atom. The van der Waals surface area contributed by atoms with E-state index in [2.05, 4.69) is 37.3 Å². The van der Waals surface area contributed by atoms with Gasteiger partial charge in [-0.05, 0) is 54.2 Å². The highest BCUT2D eigenvalue weighted by molar-refractivity contribution is 6.42. The van der Waals surface area contributed by atoms with Gasteiger partial charge in [0.25, 0.3) is 0 Å². The van der Waals surface area contributed by atoms with Crippen molar-refractivity contribution in [2.45, 2.75) is 19.8 Å². The summed E-state index contributed by atoms with van der Waals surface area (Å²) >= 11 is 18.8. The van der Waals surface area contributed by atoms with E-state index in [0.717, 1.165) is 40.1 Å². The Kier molecular flexibility index (Phi) is 4.63. The number of rotatable bonds is 2. The van der Waals surface area contributed by atoms with Crippen LogP contribution in [0.4, 0.5) is 0 Å². The van der Waals surface area contributed by atoms with Crippen LogP contribution in [0, 0.1) is 6.92 Å². The van der Waals surface area contributed by atoms with E-state index < -0.39 is 0 Å². The molecule has 0 saturated heterocycles. The van der Waals surface area contributed by atoms with Gasteiger partial charge in [-0.2, -0.15) is 0 Å². The first-order chi connectivity index (χ1) is 10.6. The minimum absolute atomic E-state index is 0.558. The van der Waals surface area contributed by atoms with Gasteiger partial charge in [0.2, 0.25) is 0 Å². The monoisotopic (exact) mass is 348 g/mol. The highest BCUT2D eigenvalue weighted by Crippen LogP contribution is 2.40. The molecule has 112 valence electrons. The highest BCUT2D eigenvalue weighted by Gasteiger charge is 2.17. The fourth-order valence-corrected chi connectivity index (χ4v) is 3.34. The topological polar surface area (TPSA) is 0 Å². The lowest BCUT2D eigenvalue weighted by atomic mass is 9.90. The van der Waals surface area contributed by atoms with Gasteiger partial charge in [-0.25, -0.2) is 0 Å². The van der Waals surface area contributed by atoms with Gasteiger partial charge in [0.15, 0.2) is 0 Å². The lowest BCUT2D eigenvalue weighted by molar-refractivity contribution is 1.05. The Hall–Kier alpha value is -1.21. The summed E-state index contributed by atoms with van der Waals surface area (Å²) in [5.74, 6) is 0. The largest absolute Gasteiger partial charge is 0.0834 e. The van der Waals surface area contributed by atoms with E-state index in [9.17, 15) is 0 Å². The van der Waals surface area contributed by atoms with E-state index >= 15 is 0 Å². The maximum Gasteiger partial charge on any atom is 0.0598 e. The molecule has 0 amide bonds. The van der Waals surface area contributed by atoms with Crippen molar-refractivity contribution in [3.05, 3.63) is 80.3 Å². The van der Waals surface area contributed by atoms with Crippen molar-refractivity contribution in [2.75, 3.05) is 0 Å². The standard InChI is InChI=1S/C19H15Cl3/c1-12-5-7-13(8-6-12)15-3-2-4-16(19(15)22)14-9-10-17(20)18(21)11-14/h3,5-11H,2,4H2,1H3. The average molecular weight is 350 g/mol. The molecular formula is C19H15Cl3. The van der Waals surface area contributed by atoms with Crippen LogP contribution >= 0.6 is 34.8 Å². The van der Waals surface area contributed by atoms with Crippen molar-refractivity contribution in [1.82, 2.24) is 0 Å². The molecule has 22 heavy (non-hydrogen) atoms. The van der Waals surface area contributed by atoms with Crippen molar-refractivity contribution < 1.29 is 0 Å². The lowest BCUT2D eigenvalue weighted by Crippen LogP contribution is -1.97. The summed E-state index contributed by atoms with van der Waals surface area (Å²) in [4.78, 5) is 0. The molecule has 0 saturated carbocycles. The molecule has 0 N–H and O–H groups in total. The second-order valence-corrected chi connectivity index (χ2v) is 6.64. The number of hydrogen-bond acceptors (Lipinski definition) is 0. The minimum Gasteiger partial charge on any atom is -0.0834 e. The second kappa shape index (κ2) is 6.50. The van der Waals surface area contributed by atoms with Crippen LogP contribution in [-0.4, -0.2) is 0 Å². The molecule has 0 unspecified atom stereocenters. The molecule has 2 aromatic carbocycles. The van der Waals surface area contributed by atoms with Crippen LogP contribution in [0.25, 0.3) is 11.1 Å². The summed E-state index contributed by atoms with van der Waals surface area (Å²) in [5, 5.41) is 1.92.